The Bertz CT molecular complexity index is 1110. The minimum absolute atomic E-state index is 0.601. The van der Waals surface area contributed by atoms with Crippen LogP contribution < -0.4 is 9.80 Å². The zero-order valence-corrected chi connectivity index (χ0v) is 17.7. The van der Waals surface area contributed by atoms with Gasteiger partial charge in [0.05, 0.1) is 18.1 Å². The number of nitrogens with zero attached hydrogens (tertiary/aromatic N) is 6. The van der Waals surface area contributed by atoms with Gasteiger partial charge < -0.3 is 9.80 Å². The lowest BCUT2D eigenvalue weighted by molar-refractivity contribution is 0.640. The normalized spacial score (nSPS) is 13.6. The number of piperazine rings is 1. The van der Waals surface area contributed by atoms with E-state index in [9.17, 15) is 0 Å². The minimum Gasteiger partial charge on any atom is -0.353 e. The molecule has 0 amide bonds. The van der Waals surface area contributed by atoms with Gasteiger partial charge in [0.1, 0.15) is 11.6 Å². The van der Waals surface area contributed by atoms with Crippen LogP contribution in [0.15, 0.2) is 102 Å². The van der Waals surface area contributed by atoms with Crippen molar-refractivity contribution in [3.05, 3.63) is 109 Å². The molecule has 0 radical (unpaired) electrons. The number of anilines is 2. The molecular formula is C26H24N6. The molecule has 6 nitrogen and oxygen atoms in total. The van der Waals surface area contributed by atoms with Gasteiger partial charge in [-0.15, -0.1) is 0 Å². The molecular weight excluding hydrogens is 396 g/mol. The Balaban J connectivity index is 1.33. The molecule has 4 aromatic rings. The van der Waals surface area contributed by atoms with Crippen molar-refractivity contribution >= 4 is 23.2 Å². The lowest BCUT2D eigenvalue weighted by atomic mass is 10.0. The summed E-state index contributed by atoms with van der Waals surface area (Å²) in [5.74, 6) is 2.51. The summed E-state index contributed by atoms with van der Waals surface area (Å²) in [6.07, 6.45) is 5.42. The lowest BCUT2D eigenvalue weighted by Gasteiger charge is -2.35. The third-order valence-corrected chi connectivity index (χ3v) is 5.52. The highest BCUT2D eigenvalue weighted by molar-refractivity contribution is 6.13. The summed E-state index contributed by atoms with van der Waals surface area (Å²) in [5, 5.41) is 0. The summed E-state index contributed by atoms with van der Waals surface area (Å²) in [7, 11) is 0. The summed E-state index contributed by atoms with van der Waals surface area (Å²) in [5.41, 5.74) is 2.99. The standard InChI is InChI=1S/C26H24N6/c1-3-9-21(10-4-1)26(22-11-5-2-6-12-22)30-23-19-29-25(20-28-23)32-17-15-31(16-18-32)24-13-7-8-14-27-24/h1-14,19-20H,15-18H2. The van der Waals surface area contributed by atoms with E-state index >= 15 is 0 Å². The quantitative estimate of drug-likeness (QED) is 0.449. The van der Waals surface area contributed by atoms with Gasteiger partial charge in [0.15, 0.2) is 5.82 Å². The molecule has 0 spiro atoms. The van der Waals surface area contributed by atoms with Crippen molar-refractivity contribution in [3.8, 4) is 0 Å². The van der Waals surface area contributed by atoms with Crippen molar-refractivity contribution in [2.24, 2.45) is 4.99 Å². The summed E-state index contributed by atoms with van der Waals surface area (Å²) in [6.45, 7) is 3.58. The molecule has 3 heterocycles. The molecule has 2 aromatic heterocycles. The van der Waals surface area contributed by atoms with Crippen LogP contribution in [0.2, 0.25) is 0 Å². The molecule has 1 aliphatic heterocycles. The van der Waals surface area contributed by atoms with Gasteiger partial charge in [-0.2, -0.15) is 0 Å². The van der Waals surface area contributed by atoms with Crippen LogP contribution in [0.5, 0.6) is 0 Å². The van der Waals surface area contributed by atoms with Crippen molar-refractivity contribution < 1.29 is 0 Å². The minimum atomic E-state index is 0.601. The van der Waals surface area contributed by atoms with Gasteiger partial charge in [0.2, 0.25) is 0 Å². The first-order valence-corrected chi connectivity index (χ1v) is 10.8. The first-order valence-electron chi connectivity index (χ1n) is 10.8. The predicted molar refractivity (Wildman–Crippen MR) is 129 cm³/mol. The highest BCUT2D eigenvalue weighted by Gasteiger charge is 2.19. The van der Waals surface area contributed by atoms with E-state index in [2.05, 4.69) is 55.1 Å². The molecule has 0 atom stereocenters. The largest absolute Gasteiger partial charge is 0.353 e. The number of aliphatic imine (C=N–C) groups is 1. The second-order valence-electron chi connectivity index (χ2n) is 7.59. The fourth-order valence-electron chi connectivity index (χ4n) is 3.84. The van der Waals surface area contributed by atoms with E-state index in [1.54, 1.807) is 6.20 Å². The van der Waals surface area contributed by atoms with Gasteiger partial charge >= 0.3 is 0 Å². The number of pyridine rings is 1. The maximum Gasteiger partial charge on any atom is 0.171 e. The number of rotatable bonds is 5. The van der Waals surface area contributed by atoms with Crippen molar-refractivity contribution in [1.29, 1.82) is 0 Å². The Morgan fingerprint density at radius 3 is 1.72 bits per heavy atom. The molecule has 1 fully saturated rings. The maximum absolute atomic E-state index is 4.85. The first-order chi connectivity index (χ1) is 15.9. The fourth-order valence-corrected chi connectivity index (χ4v) is 3.84. The third kappa shape index (κ3) is 4.49. The van der Waals surface area contributed by atoms with Crippen LogP contribution in [-0.2, 0) is 0 Å². The molecule has 0 N–H and O–H groups in total. The smallest absolute Gasteiger partial charge is 0.171 e. The lowest BCUT2D eigenvalue weighted by Crippen LogP contribution is -2.47. The SMILES string of the molecule is c1ccc(C(=Nc2cnc(N3CCN(c4ccccn4)CC3)cn2)c2ccccc2)cc1. The molecule has 0 unspecified atom stereocenters. The monoisotopic (exact) mass is 420 g/mol. The number of hydrogen-bond donors (Lipinski definition) is 0. The van der Waals surface area contributed by atoms with Gasteiger partial charge in [0.25, 0.3) is 0 Å². The van der Waals surface area contributed by atoms with Crippen LogP contribution in [0.3, 0.4) is 0 Å². The molecule has 1 saturated heterocycles. The van der Waals surface area contributed by atoms with Crippen LogP contribution in [-0.4, -0.2) is 46.8 Å². The molecule has 32 heavy (non-hydrogen) atoms. The molecule has 0 bridgehead atoms. The highest BCUT2D eigenvalue weighted by Crippen LogP contribution is 2.20. The second kappa shape index (κ2) is 9.39. The van der Waals surface area contributed by atoms with Crippen molar-refractivity contribution in [1.82, 2.24) is 15.0 Å². The van der Waals surface area contributed by atoms with Crippen LogP contribution in [0.1, 0.15) is 11.1 Å². The van der Waals surface area contributed by atoms with E-state index in [4.69, 9.17) is 4.99 Å². The van der Waals surface area contributed by atoms with Crippen LogP contribution in [0, 0.1) is 0 Å². The maximum atomic E-state index is 4.85. The molecule has 6 heteroatoms. The van der Waals surface area contributed by atoms with Gasteiger partial charge in [-0.1, -0.05) is 66.7 Å². The van der Waals surface area contributed by atoms with E-state index < -0.39 is 0 Å². The van der Waals surface area contributed by atoms with Crippen LogP contribution >= 0.6 is 0 Å². The van der Waals surface area contributed by atoms with Crippen molar-refractivity contribution in [3.63, 3.8) is 0 Å². The summed E-state index contributed by atoms with van der Waals surface area (Å²) < 4.78 is 0. The van der Waals surface area contributed by atoms with Gasteiger partial charge in [-0.3, -0.25) is 0 Å². The Kier molecular flexibility index (Phi) is 5.83. The number of benzene rings is 2. The van der Waals surface area contributed by atoms with Crippen LogP contribution in [0.25, 0.3) is 0 Å². The van der Waals surface area contributed by atoms with Gasteiger partial charge in [-0.05, 0) is 12.1 Å². The highest BCUT2D eigenvalue weighted by atomic mass is 15.3. The zero-order valence-electron chi connectivity index (χ0n) is 17.7. The summed E-state index contributed by atoms with van der Waals surface area (Å²) in [4.78, 5) is 23.1. The van der Waals surface area contributed by atoms with Gasteiger partial charge in [-0.25, -0.2) is 19.9 Å². The Morgan fingerprint density at radius 1 is 0.594 bits per heavy atom. The molecule has 0 saturated carbocycles. The summed E-state index contributed by atoms with van der Waals surface area (Å²) in [6, 6.07) is 26.4. The predicted octanol–water partition coefficient (Wildman–Crippen LogP) is 4.37. The van der Waals surface area contributed by atoms with Crippen LogP contribution in [0.4, 0.5) is 17.5 Å². The van der Waals surface area contributed by atoms with E-state index in [0.29, 0.717) is 5.82 Å². The number of hydrogen-bond acceptors (Lipinski definition) is 6. The van der Waals surface area contributed by atoms with Gasteiger partial charge in [0, 0.05) is 43.5 Å². The van der Waals surface area contributed by atoms with E-state index in [0.717, 1.165) is 54.7 Å². The Labute approximate surface area is 187 Å². The van der Waals surface area contributed by atoms with E-state index in [-0.39, 0.29) is 0 Å². The molecule has 5 rings (SSSR count). The topological polar surface area (TPSA) is 57.5 Å². The number of aromatic nitrogens is 3. The Hall–Kier alpha value is -4.06. The first kappa shape index (κ1) is 19.9. The second-order valence-corrected chi connectivity index (χ2v) is 7.59. The molecule has 0 aliphatic carbocycles. The average molecular weight is 421 g/mol. The molecule has 158 valence electrons. The Morgan fingerprint density at radius 2 is 1.19 bits per heavy atom. The molecule has 1 aliphatic rings. The van der Waals surface area contributed by atoms with E-state index in [1.807, 2.05) is 60.9 Å². The average Bonchev–Trinajstić information content (AvgIpc) is 2.89. The summed E-state index contributed by atoms with van der Waals surface area (Å²) >= 11 is 0. The fraction of sp³-hybridized carbons (Fsp3) is 0.154. The van der Waals surface area contributed by atoms with E-state index in [1.165, 1.54) is 0 Å². The third-order valence-electron chi connectivity index (χ3n) is 5.52. The van der Waals surface area contributed by atoms with Crippen molar-refractivity contribution in [2.75, 3.05) is 36.0 Å². The molecule has 2 aromatic carbocycles. The zero-order chi connectivity index (χ0) is 21.6. The van der Waals surface area contributed by atoms with Crippen molar-refractivity contribution in [2.45, 2.75) is 0 Å².